The molecule has 1 aromatic rings. The van der Waals surface area contributed by atoms with Crippen molar-refractivity contribution < 1.29 is 55.5 Å². The SMILES string of the molecule is Cc1c(C)c(C)c(C2=C([Si](C)C)C=CC2)c(C([NH-])=O)c1C.[Cl-].[Cl-].[Hf]. The minimum atomic E-state index is -0.581. The number of carbonyl (C=O) groups is 1. The summed E-state index contributed by atoms with van der Waals surface area (Å²) in [4.78, 5) is 12.0. The zero-order chi connectivity index (χ0) is 15.9. The van der Waals surface area contributed by atoms with Crippen LogP contribution in [0.25, 0.3) is 11.3 Å². The number of amides is 1. The summed E-state index contributed by atoms with van der Waals surface area (Å²) in [6.45, 7) is 12.8. The molecule has 24 heavy (non-hydrogen) atoms. The van der Waals surface area contributed by atoms with Gasteiger partial charge in [0, 0.05) is 31.4 Å². The third-order valence-electron chi connectivity index (χ3n) is 4.69. The zero-order valence-electron chi connectivity index (χ0n) is 15.0. The van der Waals surface area contributed by atoms with Crippen molar-refractivity contribution in [1.29, 1.82) is 0 Å². The van der Waals surface area contributed by atoms with Gasteiger partial charge >= 0.3 is 0 Å². The van der Waals surface area contributed by atoms with Gasteiger partial charge in [-0.3, -0.25) is 0 Å². The van der Waals surface area contributed by atoms with Gasteiger partial charge in [0.1, 0.15) is 0 Å². The second-order valence-corrected chi connectivity index (χ2v) is 8.62. The Morgan fingerprint density at radius 3 is 1.96 bits per heavy atom. The summed E-state index contributed by atoms with van der Waals surface area (Å²) in [5.41, 5.74) is 15.1. The summed E-state index contributed by atoms with van der Waals surface area (Å²) < 4.78 is 0. The van der Waals surface area contributed by atoms with E-state index in [4.69, 9.17) is 5.73 Å². The molecule has 0 heterocycles. The number of allylic oxidation sites excluding steroid dienone is 4. The normalized spacial score (nSPS) is 12.6. The van der Waals surface area contributed by atoms with Crippen LogP contribution in [0, 0.1) is 27.7 Å². The fourth-order valence-electron chi connectivity index (χ4n) is 3.18. The molecule has 0 saturated heterocycles. The smallest absolute Gasteiger partial charge is 0.0805 e. The van der Waals surface area contributed by atoms with Crippen molar-refractivity contribution in [3.05, 3.63) is 56.5 Å². The van der Waals surface area contributed by atoms with Gasteiger partial charge < -0.3 is 35.3 Å². The molecule has 0 unspecified atom stereocenters. The number of benzene rings is 1. The summed E-state index contributed by atoms with van der Waals surface area (Å²) >= 11 is 0. The van der Waals surface area contributed by atoms with E-state index in [9.17, 15) is 4.79 Å². The Kier molecular flexibility index (Phi) is 11.0. The number of carbonyl (C=O) groups excluding carboxylic acids is 1. The first-order valence-corrected chi connectivity index (χ1v) is 9.84. The van der Waals surface area contributed by atoms with E-state index in [1.807, 2.05) is 13.8 Å². The Bertz CT molecular complexity index is 697. The molecule has 1 aliphatic rings. The molecule has 0 bridgehead atoms. The minimum absolute atomic E-state index is 0. The van der Waals surface area contributed by atoms with Gasteiger partial charge in [-0.2, -0.15) is 0 Å². The van der Waals surface area contributed by atoms with Gasteiger partial charge in [-0.15, -0.1) is 0 Å². The molecular formula is C18H23Cl2HfNOSi-3. The van der Waals surface area contributed by atoms with E-state index in [2.05, 4.69) is 39.1 Å². The van der Waals surface area contributed by atoms with Crippen molar-refractivity contribution in [2.45, 2.75) is 47.2 Å². The Morgan fingerprint density at radius 2 is 1.50 bits per heavy atom. The Morgan fingerprint density at radius 1 is 1.00 bits per heavy atom. The van der Waals surface area contributed by atoms with Gasteiger partial charge in [-0.25, -0.2) is 0 Å². The molecule has 0 spiro atoms. The monoisotopic (exact) mass is 547 g/mol. The van der Waals surface area contributed by atoms with Gasteiger partial charge in [0.15, 0.2) is 0 Å². The maximum Gasteiger partial charge on any atom is 0.0805 e. The predicted octanol–water partition coefficient (Wildman–Crippen LogP) is -0.875. The van der Waals surface area contributed by atoms with Gasteiger partial charge in [0.05, 0.1) is 14.7 Å². The van der Waals surface area contributed by atoms with Crippen LogP contribution in [-0.2, 0) is 25.8 Å². The molecule has 2 nitrogen and oxygen atoms in total. The van der Waals surface area contributed by atoms with Gasteiger partial charge in [0.25, 0.3) is 0 Å². The van der Waals surface area contributed by atoms with Crippen molar-refractivity contribution >= 4 is 20.3 Å². The van der Waals surface area contributed by atoms with Crippen LogP contribution in [0.3, 0.4) is 0 Å². The number of hydrogen-bond donors (Lipinski definition) is 0. The van der Waals surface area contributed by atoms with Gasteiger partial charge in [-0.1, -0.05) is 30.4 Å². The third-order valence-corrected chi connectivity index (χ3v) is 6.23. The first-order chi connectivity index (χ1) is 9.77. The van der Waals surface area contributed by atoms with Crippen molar-refractivity contribution in [3.63, 3.8) is 0 Å². The number of halogens is 2. The molecule has 0 atom stereocenters. The fourth-order valence-corrected chi connectivity index (χ4v) is 4.47. The largest absolute Gasteiger partial charge is 1.00 e. The van der Waals surface area contributed by atoms with Gasteiger partial charge in [-0.05, 0) is 67.5 Å². The Balaban J connectivity index is 0. The molecule has 1 radical (unpaired) electrons. The standard InChI is InChI=1S/C18H24NOSi.2ClH.Hf/c1-10-11(2)13(4)17(18(19)20)16(12(10)3)14-8-7-9-15(14)21(5)6;;;/h7,9H,8H2,1-6H3,(H2,19,20);2*1H;/p-3. The maximum absolute atomic E-state index is 12.0. The molecule has 2 rings (SSSR count). The van der Waals surface area contributed by atoms with Crippen molar-refractivity contribution in [2.75, 3.05) is 0 Å². The molecular weight excluding hydrogens is 524 g/mol. The second kappa shape index (κ2) is 10.1. The maximum atomic E-state index is 12.0. The average Bonchev–Trinajstić information content (AvgIpc) is 2.88. The summed E-state index contributed by atoms with van der Waals surface area (Å²) in [6, 6.07) is 0. The van der Waals surface area contributed by atoms with E-state index >= 15 is 0 Å². The van der Waals surface area contributed by atoms with Crippen molar-refractivity contribution in [1.82, 2.24) is 0 Å². The van der Waals surface area contributed by atoms with Crippen LogP contribution in [0.5, 0.6) is 0 Å². The number of nitrogens with one attached hydrogen (secondary N) is 1. The molecule has 1 aliphatic carbocycles. The van der Waals surface area contributed by atoms with Crippen LogP contribution in [0.2, 0.25) is 13.1 Å². The molecule has 1 amide bonds. The number of rotatable bonds is 3. The molecule has 131 valence electrons. The van der Waals surface area contributed by atoms with Gasteiger partial charge in [0.2, 0.25) is 0 Å². The number of hydrogen-bond acceptors (Lipinski definition) is 1. The van der Waals surface area contributed by atoms with E-state index in [-0.39, 0.29) is 50.7 Å². The third kappa shape index (κ3) is 4.51. The minimum Gasteiger partial charge on any atom is -1.00 e. The van der Waals surface area contributed by atoms with Crippen LogP contribution in [0.1, 0.15) is 44.6 Å². The van der Waals surface area contributed by atoms with Crippen molar-refractivity contribution in [3.8, 4) is 0 Å². The van der Waals surface area contributed by atoms with Crippen LogP contribution in [0.15, 0.2) is 17.3 Å². The summed E-state index contributed by atoms with van der Waals surface area (Å²) in [5.74, 6) is -0.562. The molecule has 0 fully saturated rings. The Hall–Kier alpha value is -0.163. The quantitative estimate of drug-likeness (QED) is 0.455. The van der Waals surface area contributed by atoms with E-state index < -0.39 is 14.7 Å². The van der Waals surface area contributed by atoms with E-state index in [0.717, 1.165) is 28.7 Å². The molecule has 0 saturated carbocycles. The predicted molar refractivity (Wildman–Crippen MR) is 92.2 cm³/mol. The summed E-state index contributed by atoms with van der Waals surface area (Å²) in [7, 11) is -0.581. The van der Waals surface area contributed by atoms with E-state index in [0.29, 0.717) is 5.56 Å². The Labute approximate surface area is 178 Å². The molecule has 1 aromatic carbocycles. The summed E-state index contributed by atoms with van der Waals surface area (Å²) in [6.07, 6.45) is 5.28. The van der Waals surface area contributed by atoms with Crippen LogP contribution in [-0.4, -0.2) is 14.7 Å². The van der Waals surface area contributed by atoms with Crippen LogP contribution < -0.4 is 24.8 Å². The van der Waals surface area contributed by atoms with E-state index in [1.54, 1.807) is 0 Å². The molecule has 1 N–H and O–H groups in total. The fraction of sp³-hybridized carbons (Fsp3) is 0.389. The van der Waals surface area contributed by atoms with Crippen LogP contribution in [0.4, 0.5) is 0 Å². The summed E-state index contributed by atoms with van der Waals surface area (Å²) in [5, 5.41) is 1.40. The second-order valence-electron chi connectivity index (χ2n) is 6.08. The average molecular weight is 547 g/mol. The first kappa shape index (κ1) is 26.1. The molecule has 6 heteroatoms. The zero-order valence-corrected chi connectivity index (χ0v) is 21.1. The first-order valence-electron chi connectivity index (χ1n) is 7.34. The van der Waals surface area contributed by atoms with Crippen LogP contribution >= 0.6 is 0 Å². The van der Waals surface area contributed by atoms with E-state index in [1.165, 1.54) is 16.3 Å². The molecule has 0 aliphatic heterocycles. The topological polar surface area (TPSA) is 40.9 Å². The molecule has 0 aromatic heterocycles. The van der Waals surface area contributed by atoms with Crippen molar-refractivity contribution in [2.24, 2.45) is 0 Å².